The first-order valence-electron chi connectivity index (χ1n) is 10.6. The molecule has 10 heteroatoms. The van der Waals surface area contributed by atoms with Crippen molar-refractivity contribution >= 4 is 23.5 Å². The summed E-state index contributed by atoms with van der Waals surface area (Å²) in [6.45, 7) is 4.45. The van der Waals surface area contributed by atoms with Gasteiger partial charge < -0.3 is 24.3 Å². The highest BCUT2D eigenvalue weighted by Gasteiger charge is 2.18. The van der Waals surface area contributed by atoms with Crippen LogP contribution in [0.1, 0.15) is 20.7 Å². The van der Waals surface area contributed by atoms with Crippen LogP contribution in [0.2, 0.25) is 0 Å². The largest absolute Gasteiger partial charge is 0.465 e. The molecule has 0 saturated carbocycles. The normalized spacial score (nSPS) is 15.7. The van der Waals surface area contributed by atoms with Gasteiger partial charge in [0.15, 0.2) is 11.5 Å². The Labute approximate surface area is 191 Å². The number of esters is 1. The van der Waals surface area contributed by atoms with Gasteiger partial charge in [0.1, 0.15) is 0 Å². The molecule has 2 aliphatic rings. The van der Waals surface area contributed by atoms with Crippen molar-refractivity contribution in [1.82, 2.24) is 10.2 Å². The molecular formula is C23H26N4O6. The van der Waals surface area contributed by atoms with Crippen molar-refractivity contribution in [3.05, 3.63) is 53.6 Å². The molecule has 2 heterocycles. The maximum absolute atomic E-state index is 12.9. The summed E-state index contributed by atoms with van der Waals surface area (Å²) in [6.07, 6.45) is 0. The van der Waals surface area contributed by atoms with Gasteiger partial charge in [0.05, 0.1) is 32.4 Å². The van der Waals surface area contributed by atoms with Crippen LogP contribution in [0.4, 0.5) is 5.69 Å². The van der Waals surface area contributed by atoms with Crippen molar-refractivity contribution in [3.8, 4) is 11.5 Å². The van der Waals surface area contributed by atoms with E-state index < -0.39 is 5.97 Å². The number of aliphatic imine (C=N–C) groups is 1. The van der Waals surface area contributed by atoms with E-state index in [-0.39, 0.29) is 18.7 Å². The Kier molecular flexibility index (Phi) is 7.38. The van der Waals surface area contributed by atoms with Crippen molar-refractivity contribution in [1.29, 1.82) is 0 Å². The first kappa shape index (κ1) is 22.6. The van der Waals surface area contributed by atoms with Crippen molar-refractivity contribution in [3.63, 3.8) is 0 Å². The van der Waals surface area contributed by atoms with Gasteiger partial charge in [0, 0.05) is 30.9 Å². The molecule has 2 aromatic carbocycles. The van der Waals surface area contributed by atoms with Crippen LogP contribution < -0.4 is 20.1 Å². The topological polar surface area (TPSA) is 111 Å². The second kappa shape index (κ2) is 10.8. The summed E-state index contributed by atoms with van der Waals surface area (Å²) in [4.78, 5) is 31.6. The van der Waals surface area contributed by atoms with Gasteiger partial charge in [-0.15, -0.1) is 0 Å². The summed E-state index contributed by atoms with van der Waals surface area (Å²) in [5.74, 6) is 0.590. The minimum absolute atomic E-state index is 0.132. The Balaban J connectivity index is 1.48. The lowest BCUT2D eigenvalue weighted by Gasteiger charge is -2.25. The fourth-order valence-electron chi connectivity index (χ4n) is 3.43. The second-order valence-corrected chi connectivity index (χ2v) is 7.40. The van der Waals surface area contributed by atoms with E-state index >= 15 is 0 Å². The molecule has 0 bridgehead atoms. The number of nitrogens with zero attached hydrogens (tertiary/aromatic N) is 2. The van der Waals surface area contributed by atoms with Gasteiger partial charge in [-0.05, 0) is 36.4 Å². The number of carbonyl (C=O) groups is 2. The second-order valence-electron chi connectivity index (χ2n) is 7.40. The van der Waals surface area contributed by atoms with Gasteiger partial charge in [-0.25, -0.2) is 4.79 Å². The van der Waals surface area contributed by atoms with Gasteiger partial charge in [0.25, 0.3) is 5.91 Å². The zero-order chi connectivity index (χ0) is 23.0. The molecular weight excluding hydrogens is 428 g/mol. The number of ether oxygens (including phenoxy) is 4. The van der Waals surface area contributed by atoms with Crippen molar-refractivity contribution in [2.24, 2.45) is 4.99 Å². The number of hydrogen-bond donors (Lipinski definition) is 2. The van der Waals surface area contributed by atoms with Crippen molar-refractivity contribution < 1.29 is 28.5 Å². The molecule has 0 atom stereocenters. The van der Waals surface area contributed by atoms with Gasteiger partial charge in [-0.3, -0.25) is 20.0 Å². The number of nitrogens with one attached hydrogen (secondary N) is 2. The summed E-state index contributed by atoms with van der Waals surface area (Å²) in [5.41, 5.74) is 1.39. The molecule has 0 aromatic heterocycles. The molecule has 174 valence electrons. The number of morpholine rings is 1. The average molecular weight is 454 g/mol. The van der Waals surface area contributed by atoms with E-state index in [9.17, 15) is 9.59 Å². The summed E-state index contributed by atoms with van der Waals surface area (Å²) >= 11 is 0. The van der Waals surface area contributed by atoms with Crippen LogP contribution in [0, 0.1) is 0 Å². The average Bonchev–Trinajstić information content (AvgIpc) is 3.32. The van der Waals surface area contributed by atoms with Crippen molar-refractivity contribution in [2.75, 3.05) is 58.6 Å². The quantitative estimate of drug-likeness (QED) is 0.386. The highest BCUT2D eigenvalue weighted by atomic mass is 16.7. The molecule has 1 fully saturated rings. The third kappa shape index (κ3) is 5.99. The monoisotopic (exact) mass is 454 g/mol. The van der Waals surface area contributed by atoms with Crippen LogP contribution in [0.25, 0.3) is 0 Å². The van der Waals surface area contributed by atoms with E-state index in [1.807, 2.05) is 0 Å². The van der Waals surface area contributed by atoms with E-state index in [0.717, 1.165) is 19.6 Å². The predicted octanol–water partition coefficient (Wildman–Crippen LogP) is 1.73. The molecule has 0 radical (unpaired) electrons. The standard InChI is InChI=1S/C23H26N4O6/c1-30-22(29)17-3-2-4-18(13-17)25-23(24-7-8-27-9-11-31-12-10-27)26-21(28)16-5-6-19-20(14-16)33-15-32-19/h2-6,13-14H,7-12,15H2,1H3,(H2,24,25,26,28). The number of carbonyl (C=O) groups excluding carboxylic acids is 2. The van der Waals surface area contributed by atoms with Crippen LogP contribution in [0.3, 0.4) is 0 Å². The molecule has 33 heavy (non-hydrogen) atoms. The maximum atomic E-state index is 12.9. The number of benzene rings is 2. The Morgan fingerprint density at radius 2 is 1.88 bits per heavy atom. The zero-order valence-electron chi connectivity index (χ0n) is 18.3. The molecule has 1 amide bonds. The van der Waals surface area contributed by atoms with E-state index in [0.29, 0.717) is 48.1 Å². The highest BCUT2D eigenvalue weighted by Crippen LogP contribution is 2.32. The molecule has 0 unspecified atom stereocenters. The molecule has 0 aliphatic carbocycles. The first-order chi connectivity index (χ1) is 16.1. The van der Waals surface area contributed by atoms with E-state index in [2.05, 4.69) is 20.5 Å². The van der Waals surface area contributed by atoms with Gasteiger partial charge in [-0.2, -0.15) is 0 Å². The van der Waals surface area contributed by atoms with Gasteiger partial charge in [0.2, 0.25) is 12.8 Å². The number of methoxy groups -OCH3 is 1. The van der Waals surface area contributed by atoms with Crippen LogP contribution in [-0.2, 0) is 9.47 Å². The Hall–Kier alpha value is -3.63. The number of guanidine groups is 1. The van der Waals surface area contributed by atoms with Gasteiger partial charge in [-0.1, -0.05) is 6.07 Å². The fraction of sp³-hybridized carbons (Fsp3) is 0.348. The number of hydrogen-bond acceptors (Lipinski definition) is 8. The Bertz CT molecular complexity index is 1040. The summed E-state index contributed by atoms with van der Waals surface area (Å²) in [7, 11) is 1.33. The lowest BCUT2D eigenvalue weighted by atomic mass is 10.2. The van der Waals surface area contributed by atoms with Gasteiger partial charge >= 0.3 is 5.97 Å². The fourth-order valence-corrected chi connectivity index (χ4v) is 3.43. The van der Waals surface area contributed by atoms with Crippen molar-refractivity contribution in [2.45, 2.75) is 0 Å². The summed E-state index contributed by atoms with van der Waals surface area (Å²) in [6, 6.07) is 11.8. The van der Waals surface area contributed by atoms with Crippen LogP contribution >= 0.6 is 0 Å². The lowest BCUT2D eigenvalue weighted by molar-refractivity contribution is 0.0394. The maximum Gasteiger partial charge on any atom is 0.337 e. The predicted molar refractivity (Wildman–Crippen MR) is 121 cm³/mol. The number of amides is 1. The molecule has 1 saturated heterocycles. The van der Waals surface area contributed by atoms with Crippen LogP contribution in [-0.4, -0.2) is 76.0 Å². The zero-order valence-corrected chi connectivity index (χ0v) is 18.3. The SMILES string of the molecule is COC(=O)c1cccc(NC(=NCCN2CCOCC2)NC(=O)c2ccc3c(c2)OCO3)c1. The summed E-state index contributed by atoms with van der Waals surface area (Å²) in [5, 5.41) is 5.92. The minimum Gasteiger partial charge on any atom is -0.465 e. The third-order valence-electron chi connectivity index (χ3n) is 5.20. The molecule has 2 N–H and O–H groups in total. The molecule has 2 aliphatic heterocycles. The van der Waals surface area contributed by atoms with E-state index in [4.69, 9.17) is 18.9 Å². The molecule has 10 nitrogen and oxygen atoms in total. The lowest BCUT2D eigenvalue weighted by Crippen LogP contribution is -2.39. The third-order valence-corrected chi connectivity index (χ3v) is 5.20. The minimum atomic E-state index is -0.450. The number of anilines is 1. The van der Waals surface area contributed by atoms with E-state index in [1.165, 1.54) is 7.11 Å². The Morgan fingerprint density at radius 3 is 2.70 bits per heavy atom. The van der Waals surface area contributed by atoms with Crippen LogP contribution in [0.5, 0.6) is 11.5 Å². The molecule has 0 spiro atoms. The molecule has 2 aromatic rings. The Morgan fingerprint density at radius 1 is 1.06 bits per heavy atom. The summed E-state index contributed by atoms with van der Waals surface area (Å²) < 4.78 is 20.8. The van der Waals surface area contributed by atoms with Crippen LogP contribution in [0.15, 0.2) is 47.5 Å². The first-order valence-corrected chi connectivity index (χ1v) is 10.6. The van der Waals surface area contributed by atoms with E-state index in [1.54, 1.807) is 42.5 Å². The number of rotatable bonds is 6. The smallest absolute Gasteiger partial charge is 0.337 e. The molecule has 4 rings (SSSR count). The highest BCUT2D eigenvalue weighted by molar-refractivity contribution is 6.10. The number of fused-ring (bicyclic) bond motifs is 1.